The molecule has 78 valence electrons. The summed E-state index contributed by atoms with van der Waals surface area (Å²) in [6, 6.07) is 3.66. The van der Waals surface area contributed by atoms with Crippen LogP contribution in [-0.4, -0.2) is 28.9 Å². The lowest BCUT2D eigenvalue weighted by Crippen LogP contribution is -2.31. The molecule has 3 nitrogen and oxygen atoms in total. The molecule has 1 rings (SSSR count). The third-order valence-corrected chi connectivity index (χ3v) is 2.28. The van der Waals surface area contributed by atoms with E-state index in [9.17, 15) is 4.79 Å². The van der Waals surface area contributed by atoms with Gasteiger partial charge in [-0.2, -0.15) is 0 Å². The highest BCUT2D eigenvalue weighted by atomic mass is 16.2. The number of hydrogen-bond donors (Lipinski definition) is 1. The van der Waals surface area contributed by atoms with E-state index in [4.69, 9.17) is 0 Å². The molecule has 0 aliphatic rings. The summed E-state index contributed by atoms with van der Waals surface area (Å²) in [6.45, 7) is 5.77. The van der Waals surface area contributed by atoms with Crippen molar-refractivity contribution in [1.29, 1.82) is 0 Å². The maximum absolute atomic E-state index is 11.8. The first kappa shape index (κ1) is 10.8. The number of H-pyrrole nitrogens is 1. The smallest absolute Gasteiger partial charge is 0.270 e. The van der Waals surface area contributed by atoms with Crippen LogP contribution in [0, 0.1) is 0 Å². The van der Waals surface area contributed by atoms with E-state index in [1.54, 1.807) is 6.20 Å². The van der Waals surface area contributed by atoms with Gasteiger partial charge in [-0.25, -0.2) is 0 Å². The molecule has 0 saturated carbocycles. The zero-order chi connectivity index (χ0) is 10.4. The van der Waals surface area contributed by atoms with Gasteiger partial charge in [0, 0.05) is 19.3 Å². The van der Waals surface area contributed by atoms with E-state index in [0.29, 0.717) is 5.69 Å². The Labute approximate surface area is 85.1 Å². The van der Waals surface area contributed by atoms with Crippen molar-refractivity contribution >= 4 is 5.91 Å². The number of unbranched alkanes of at least 4 members (excludes halogenated alkanes) is 1. The summed E-state index contributed by atoms with van der Waals surface area (Å²) in [5, 5.41) is 0. The Hall–Kier alpha value is -1.25. The highest BCUT2D eigenvalue weighted by molar-refractivity contribution is 5.92. The summed E-state index contributed by atoms with van der Waals surface area (Å²) in [5.41, 5.74) is 0.683. The Kier molecular flexibility index (Phi) is 4.23. The summed E-state index contributed by atoms with van der Waals surface area (Å²) in [7, 11) is 0. The monoisotopic (exact) mass is 194 g/mol. The molecule has 0 saturated heterocycles. The van der Waals surface area contributed by atoms with Gasteiger partial charge in [-0.1, -0.05) is 13.3 Å². The second kappa shape index (κ2) is 5.47. The molecule has 14 heavy (non-hydrogen) atoms. The van der Waals surface area contributed by atoms with Crippen molar-refractivity contribution in [1.82, 2.24) is 9.88 Å². The molecule has 0 aliphatic heterocycles. The Bertz CT molecular complexity index is 267. The topological polar surface area (TPSA) is 36.1 Å². The second-order valence-electron chi connectivity index (χ2n) is 3.32. The zero-order valence-corrected chi connectivity index (χ0v) is 8.92. The Morgan fingerprint density at radius 2 is 2.29 bits per heavy atom. The fourth-order valence-corrected chi connectivity index (χ4v) is 1.39. The molecule has 1 heterocycles. The number of hydrogen-bond acceptors (Lipinski definition) is 1. The van der Waals surface area contributed by atoms with Crippen molar-refractivity contribution in [3.8, 4) is 0 Å². The fourth-order valence-electron chi connectivity index (χ4n) is 1.39. The molecule has 1 aromatic heterocycles. The van der Waals surface area contributed by atoms with Crippen molar-refractivity contribution in [2.24, 2.45) is 0 Å². The van der Waals surface area contributed by atoms with Crippen LogP contribution < -0.4 is 0 Å². The second-order valence-corrected chi connectivity index (χ2v) is 3.32. The molecule has 1 amide bonds. The van der Waals surface area contributed by atoms with E-state index in [2.05, 4.69) is 11.9 Å². The molecule has 1 aromatic rings. The molecule has 0 spiro atoms. The predicted molar refractivity (Wildman–Crippen MR) is 57.3 cm³/mol. The number of nitrogens with zero attached hydrogens (tertiary/aromatic N) is 1. The van der Waals surface area contributed by atoms with Crippen molar-refractivity contribution in [3.63, 3.8) is 0 Å². The van der Waals surface area contributed by atoms with Crippen molar-refractivity contribution < 1.29 is 4.79 Å². The molecule has 0 bridgehead atoms. The number of aromatic nitrogens is 1. The largest absolute Gasteiger partial charge is 0.357 e. The molecule has 0 aliphatic carbocycles. The van der Waals surface area contributed by atoms with E-state index >= 15 is 0 Å². The predicted octanol–water partition coefficient (Wildman–Crippen LogP) is 2.28. The Morgan fingerprint density at radius 3 is 2.79 bits per heavy atom. The number of carbonyl (C=O) groups is 1. The van der Waals surface area contributed by atoms with Crippen LogP contribution in [-0.2, 0) is 0 Å². The lowest BCUT2D eigenvalue weighted by atomic mass is 10.3. The lowest BCUT2D eigenvalue weighted by Gasteiger charge is -2.19. The van der Waals surface area contributed by atoms with Crippen molar-refractivity contribution in [3.05, 3.63) is 24.0 Å². The van der Waals surface area contributed by atoms with Gasteiger partial charge in [-0.3, -0.25) is 4.79 Å². The zero-order valence-electron chi connectivity index (χ0n) is 8.92. The van der Waals surface area contributed by atoms with E-state index < -0.39 is 0 Å². The lowest BCUT2D eigenvalue weighted by molar-refractivity contribution is 0.0757. The molecular formula is C11H18N2O. The van der Waals surface area contributed by atoms with Gasteiger partial charge in [0.1, 0.15) is 5.69 Å². The first-order valence-corrected chi connectivity index (χ1v) is 5.22. The molecule has 1 N–H and O–H groups in total. The number of aromatic amines is 1. The van der Waals surface area contributed by atoms with Crippen LogP contribution in [0.1, 0.15) is 37.2 Å². The van der Waals surface area contributed by atoms with E-state index in [0.717, 1.165) is 25.9 Å². The van der Waals surface area contributed by atoms with Crippen LogP contribution >= 0.6 is 0 Å². The van der Waals surface area contributed by atoms with Crippen LogP contribution in [0.25, 0.3) is 0 Å². The summed E-state index contributed by atoms with van der Waals surface area (Å²) in [4.78, 5) is 16.6. The minimum Gasteiger partial charge on any atom is -0.357 e. The first-order chi connectivity index (χ1) is 6.79. The minimum atomic E-state index is 0.103. The number of amides is 1. The SMILES string of the molecule is CCCCN(CC)C(=O)c1ccc[nH]1. The van der Waals surface area contributed by atoms with E-state index in [1.165, 1.54) is 0 Å². The summed E-state index contributed by atoms with van der Waals surface area (Å²) in [6.07, 6.45) is 3.97. The minimum absolute atomic E-state index is 0.103. The molecule has 0 atom stereocenters. The normalized spacial score (nSPS) is 10.1. The quantitative estimate of drug-likeness (QED) is 0.767. The summed E-state index contributed by atoms with van der Waals surface area (Å²) in [5.74, 6) is 0.103. The van der Waals surface area contributed by atoms with Crippen LogP contribution in [0.2, 0.25) is 0 Å². The third kappa shape index (κ3) is 2.62. The van der Waals surface area contributed by atoms with Gasteiger partial charge in [0.05, 0.1) is 0 Å². The van der Waals surface area contributed by atoms with Crippen molar-refractivity contribution in [2.45, 2.75) is 26.7 Å². The summed E-state index contributed by atoms with van der Waals surface area (Å²) < 4.78 is 0. The standard InChI is InChI=1S/C11H18N2O/c1-3-5-9-13(4-2)11(14)10-7-6-8-12-10/h6-8,12H,3-5,9H2,1-2H3. The molecular weight excluding hydrogens is 176 g/mol. The maximum atomic E-state index is 11.8. The number of nitrogens with one attached hydrogen (secondary N) is 1. The maximum Gasteiger partial charge on any atom is 0.270 e. The van der Waals surface area contributed by atoms with Gasteiger partial charge in [0.2, 0.25) is 0 Å². The van der Waals surface area contributed by atoms with E-state index in [-0.39, 0.29) is 5.91 Å². The molecule has 0 radical (unpaired) electrons. The van der Waals surface area contributed by atoms with Gasteiger partial charge in [0.15, 0.2) is 0 Å². The molecule has 3 heteroatoms. The average molecular weight is 194 g/mol. The van der Waals surface area contributed by atoms with Crippen LogP contribution in [0.15, 0.2) is 18.3 Å². The van der Waals surface area contributed by atoms with Crippen molar-refractivity contribution in [2.75, 3.05) is 13.1 Å². The van der Waals surface area contributed by atoms with Gasteiger partial charge in [-0.05, 0) is 25.5 Å². The highest BCUT2D eigenvalue weighted by Gasteiger charge is 2.13. The fraction of sp³-hybridized carbons (Fsp3) is 0.545. The molecule has 0 fully saturated rings. The van der Waals surface area contributed by atoms with Crippen LogP contribution in [0.5, 0.6) is 0 Å². The van der Waals surface area contributed by atoms with Gasteiger partial charge < -0.3 is 9.88 Å². The molecule has 0 aromatic carbocycles. The Balaban J connectivity index is 2.56. The van der Waals surface area contributed by atoms with Crippen LogP contribution in [0.3, 0.4) is 0 Å². The third-order valence-electron chi connectivity index (χ3n) is 2.28. The molecule has 0 unspecified atom stereocenters. The van der Waals surface area contributed by atoms with Gasteiger partial charge >= 0.3 is 0 Å². The average Bonchev–Trinajstić information content (AvgIpc) is 2.71. The first-order valence-electron chi connectivity index (χ1n) is 5.22. The highest BCUT2D eigenvalue weighted by Crippen LogP contribution is 2.03. The van der Waals surface area contributed by atoms with Crippen LogP contribution in [0.4, 0.5) is 0 Å². The Morgan fingerprint density at radius 1 is 1.50 bits per heavy atom. The number of rotatable bonds is 5. The van der Waals surface area contributed by atoms with Gasteiger partial charge in [0.25, 0.3) is 5.91 Å². The van der Waals surface area contributed by atoms with Gasteiger partial charge in [-0.15, -0.1) is 0 Å². The number of carbonyl (C=O) groups excluding carboxylic acids is 1. The summed E-state index contributed by atoms with van der Waals surface area (Å²) >= 11 is 0. The van der Waals surface area contributed by atoms with E-state index in [1.807, 2.05) is 24.0 Å².